The Bertz CT molecular complexity index is 1520. The number of rotatable bonds is 11. The predicted molar refractivity (Wildman–Crippen MR) is 181 cm³/mol. The summed E-state index contributed by atoms with van der Waals surface area (Å²) in [4.78, 5) is 31.8. The Morgan fingerprint density at radius 1 is 0.980 bits per heavy atom. The number of alkyl carbamates (subject to hydrolysis) is 2. The standard InChI is InChI=1S/C37H48F2N6O4/c1-48-35(46)41-24-37(29-5-3-6-30(38)16-29,33-7-4-8-34(33)42-36(47)49-2)28-11-13-43(14-12-28)18-25-19-45(20-25)32-10-9-26(17-40)27(15-32)21-44-22-31(39)23-44/h3,5-6,9-10,15-16,25,28,31,33-34H,4,7-8,11-14,18-24H2,1-2H3,(H,41,46)(H,42,47)/t33-,34-,37-/m0/s1. The van der Waals surface area contributed by atoms with Crippen molar-refractivity contribution in [1.82, 2.24) is 20.4 Å². The predicted octanol–water partition coefficient (Wildman–Crippen LogP) is 4.82. The third-order valence-electron chi connectivity index (χ3n) is 11.4. The first-order valence-electron chi connectivity index (χ1n) is 17.5. The first-order chi connectivity index (χ1) is 23.7. The van der Waals surface area contributed by atoms with Gasteiger partial charge >= 0.3 is 12.2 Å². The van der Waals surface area contributed by atoms with Gasteiger partial charge in [0, 0.05) is 68.9 Å². The van der Waals surface area contributed by atoms with Crippen LogP contribution >= 0.6 is 0 Å². The summed E-state index contributed by atoms with van der Waals surface area (Å²) < 4.78 is 38.2. The van der Waals surface area contributed by atoms with E-state index in [9.17, 15) is 23.6 Å². The number of carbonyl (C=O) groups is 2. The molecule has 4 aliphatic rings. The van der Waals surface area contributed by atoms with Crippen molar-refractivity contribution in [3.8, 4) is 6.07 Å². The van der Waals surface area contributed by atoms with Crippen LogP contribution in [0.25, 0.3) is 0 Å². The molecule has 264 valence electrons. The molecule has 4 fully saturated rings. The highest BCUT2D eigenvalue weighted by atomic mass is 19.1. The van der Waals surface area contributed by atoms with Gasteiger partial charge in [-0.3, -0.25) is 4.90 Å². The molecule has 0 aromatic heterocycles. The normalized spacial score (nSPS) is 23.5. The quantitative estimate of drug-likeness (QED) is 0.349. The third-order valence-corrected chi connectivity index (χ3v) is 11.4. The largest absolute Gasteiger partial charge is 0.453 e. The maximum atomic E-state index is 14.9. The molecule has 2 N–H and O–H groups in total. The van der Waals surface area contributed by atoms with Crippen LogP contribution in [-0.4, -0.2) is 101 Å². The number of nitriles is 1. The van der Waals surface area contributed by atoms with Crippen molar-refractivity contribution in [2.45, 2.75) is 56.3 Å². The number of methoxy groups -OCH3 is 2. The molecule has 0 radical (unpaired) electrons. The number of hydrogen-bond acceptors (Lipinski definition) is 8. The fourth-order valence-electron chi connectivity index (χ4n) is 8.94. The molecule has 0 bridgehead atoms. The molecule has 12 heteroatoms. The minimum atomic E-state index is -0.771. The molecule has 0 spiro atoms. The van der Waals surface area contributed by atoms with Gasteiger partial charge in [0.05, 0.1) is 25.9 Å². The summed E-state index contributed by atoms with van der Waals surface area (Å²) in [5.41, 5.74) is 2.90. The number of halogens is 2. The Balaban J connectivity index is 1.13. The summed E-state index contributed by atoms with van der Waals surface area (Å²) in [6.45, 7) is 6.31. The van der Waals surface area contributed by atoms with Crippen molar-refractivity contribution in [2.75, 3.05) is 71.5 Å². The molecule has 3 aliphatic heterocycles. The van der Waals surface area contributed by atoms with Gasteiger partial charge in [0.15, 0.2) is 0 Å². The van der Waals surface area contributed by atoms with Crippen LogP contribution in [0.5, 0.6) is 0 Å². The van der Waals surface area contributed by atoms with Gasteiger partial charge in [-0.2, -0.15) is 5.26 Å². The van der Waals surface area contributed by atoms with E-state index in [2.05, 4.69) is 32.6 Å². The lowest BCUT2D eigenvalue weighted by Gasteiger charge is -2.51. The van der Waals surface area contributed by atoms with E-state index >= 15 is 0 Å². The molecule has 2 aromatic carbocycles. The van der Waals surface area contributed by atoms with E-state index in [1.807, 2.05) is 23.1 Å². The van der Waals surface area contributed by atoms with Crippen LogP contribution < -0.4 is 15.5 Å². The number of nitrogens with one attached hydrogen (secondary N) is 2. The number of benzene rings is 2. The third kappa shape index (κ3) is 7.63. The molecular formula is C37H48F2N6O4. The number of anilines is 1. The zero-order valence-corrected chi connectivity index (χ0v) is 28.5. The highest BCUT2D eigenvalue weighted by molar-refractivity contribution is 5.68. The van der Waals surface area contributed by atoms with Gasteiger partial charge < -0.3 is 29.9 Å². The maximum absolute atomic E-state index is 14.9. The average molecular weight is 679 g/mol. The monoisotopic (exact) mass is 678 g/mol. The van der Waals surface area contributed by atoms with Crippen LogP contribution in [0, 0.1) is 34.9 Å². The topological polar surface area (TPSA) is 110 Å². The van der Waals surface area contributed by atoms with Gasteiger partial charge in [-0.15, -0.1) is 0 Å². The van der Waals surface area contributed by atoms with E-state index in [4.69, 9.17) is 9.47 Å². The number of likely N-dealkylation sites (tertiary alicyclic amines) is 2. The van der Waals surface area contributed by atoms with E-state index in [1.54, 1.807) is 12.1 Å². The summed E-state index contributed by atoms with van der Waals surface area (Å²) in [5.74, 6) is 0.266. The molecule has 1 aliphatic carbocycles. The van der Waals surface area contributed by atoms with Crippen LogP contribution in [0.4, 0.5) is 24.1 Å². The fraction of sp³-hybridized carbons (Fsp3) is 0.595. The average Bonchev–Trinajstić information content (AvgIpc) is 3.54. The second kappa shape index (κ2) is 15.3. The minimum Gasteiger partial charge on any atom is -0.453 e. The summed E-state index contributed by atoms with van der Waals surface area (Å²) in [5, 5.41) is 15.6. The Labute approximate surface area is 287 Å². The molecule has 2 amide bonds. The van der Waals surface area contributed by atoms with Gasteiger partial charge in [-0.25, -0.2) is 18.4 Å². The van der Waals surface area contributed by atoms with E-state index in [-0.39, 0.29) is 30.2 Å². The van der Waals surface area contributed by atoms with Crippen LogP contribution in [0.3, 0.4) is 0 Å². The second-order valence-electron chi connectivity index (χ2n) is 14.3. The number of ether oxygens (including phenoxy) is 2. The van der Waals surface area contributed by atoms with Crippen LogP contribution in [0.1, 0.15) is 48.8 Å². The number of alkyl halides is 1. The summed E-state index contributed by atoms with van der Waals surface area (Å²) >= 11 is 0. The lowest BCUT2D eigenvalue weighted by Crippen LogP contribution is -2.58. The van der Waals surface area contributed by atoms with E-state index in [0.717, 1.165) is 81.6 Å². The highest BCUT2D eigenvalue weighted by Gasteiger charge is 2.52. The van der Waals surface area contributed by atoms with Crippen LogP contribution in [0.15, 0.2) is 42.5 Å². The van der Waals surface area contributed by atoms with Crippen LogP contribution in [-0.2, 0) is 21.4 Å². The molecular weight excluding hydrogens is 630 g/mol. The molecule has 49 heavy (non-hydrogen) atoms. The number of carbonyl (C=O) groups excluding carboxylic acids is 2. The second-order valence-corrected chi connectivity index (χ2v) is 14.3. The van der Waals surface area contributed by atoms with E-state index < -0.39 is 23.8 Å². The molecule has 1 saturated carbocycles. The highest BCUT2D eigenvalue weighted by Crippen LogP contribution is 2.50. The van der Waals surface area contributed by atoms with Gasteiger partial charge in [0.2, 0.25) is 0 Å². The smallest absolute Gasteiger partial charge is 0.407 e. The molecule has 6 rings (SSSR count). The van der Waals surface area contributed by atoms with Gasteiger partial charge in [-0.1, -0.05) is 18.6 Å². The summed E-state index contributed by atoms with van der Waals surface area (Å²) in [7, 11) is 2.69. The number of piperidine rings is 1. The fourth-order valence-corrected chi connectivity index (χ4v) is 8.94. The molecule has 3 atom stereocenters. The van der Waals surface area contributed by atoms with Crippen LogP contribution in [0.2, 0.25) is 0 Å². The Kier molecular flexibility index (Phi) is 10.9. The number of amides is 2. The molecule has 0 unspecified atom stereocenters. The first-order valence-corrected chi connectivity index (χ1v) is 17.5. The van der Waals surface area contributed by atoms with Gasteiger partial charge in [-0.05, 0) is 92.1 Å². The Hall–Kier alpha value is -3.95. The van der Waals surface area contributed by atoms with Crippen molar-refractivity contribution in [1.29, 1.82) is 5.26 Å². The van der Waals surface area contributed by atoms with E-state index in [1.165, 1.54) is 20.3 Å². The maximum Gasteiger partial charge on any atom is 0.407 e. The lowest BCUT2D eigenvalue weighted by molar-refractivity contribution is 0.0590. The summed E-state index contributed by atoms with van der Waals surface area (Å²) in [6, 6.07) is 14.8. The van der Waals surface area contributed by atoms with Gasteiger partial charge in [0.25, 0.3) is 0 Å². The molecule has 10 nitrogen and oxygen atoms in total. The Morgan fingerprint density at radius 3 is 2.41 bits per heavy atom. The zero-order valence-electron chi connectivity index (χ0n) is 28.5. The number of nitrogens with zero attached hydrogens (tertiary/aromatic N) is 4. The van der Waals surface area contributed by atoms with E-state index in [0.29, 0.717) is 31.1 Å². The van der Waals surface area contributed by atoms with Crippen molar-refractivity contribution in [2.24, 2.45) is 17.8 Å². The van der Waals surface area contributed by atoms with Crippen molar-refractivity contribution >= 4 is 17.9 Å². The number of hydrogen-bond donors (Lipinski definition) is 2. The molecule has 3 heterocycles. The SMILES string of the molecule is COC(=O)NC[C@@](c1cccc(F)c1)(C1CCN(CC2CN(c3ccc(C#N)c(CN4CC(F)C4)c3)C2)CC1)[C@H]1CCC[C@@H]1NC(=O)OC. The van der Waals surface area contributed by atoms with Crippen molar-refractivity contribution < 1.29 is 27.8 Å². The Morgan fingerprint density at radius 2 is 1.73 bits per heavy atom. The zero-order chi connectivity index (χ0) is 34.5. The summed E-state index contributed by atoms with van der Waals surface area (Å²) in [6.07, 6.45) is 2.46. The minimum absolute atomic E-state index is 0.0425. The molecule has 3 saturated heterocycles. The van der Waals surface area contributed by atoms with Crippen molar-refractivity contribution in [3.63, 3.8) is 0 Å². The lowest BCUT2D eigenvalue weighted by atomic mass is 9.58. The first kappa shape index (κ1) is 34.9. The van der Waals surface area contributed by atoms with Crippen molar-refractivity contribution in [3.05, 3.63) is 65.0 Å². The van der Waals surface area contributed by atoms with Gasteiger partial charge in [0.1, 0.15) is 12.0 Å². The molecule has 2 aromatic rings.